The Labute approximate surface area is 163 Å². The van der Waals surface area contributed by atoms with Crippen molar-refractivity contribution in [1.82, 2.24) is 9.80 Å². The third-order valence-corrected chi connectivity index (χ3v) is 5.01. The summed E-state index contributed by atoms with van der Waals surface area (Å²) in [6.45, 7) is 2.40. The van der Waals surface area contributed by atoms with E-state index in [1.165, 1.54) is 6.07 Å². The van der Waals surface area contributed by atoms with Crippen molar-refractivity contribution in [2.24, 2.45) is 0 Å². The second kappa shape index (κ2) is 9.60. The van der Waals surface area contributed by atoms with Gasteiger partial charge in [-0.15, -0.1) is 0 Å². The van der Waals surface area contributed by atoms with Crippen LogP contribution in [0.5, 0.6) is 5.75 Å². The third-order valence-electron chi connectivity index (χ3n) is 5.01. The standard InChI is InChI=1S/C20H27F3N2O3/c21-20(22,23)15-28-17-6-3-5-16(11-17)12-24(13-18-7-4-10-27-18)14-19(26)25-8-1-2-9-25/h3,5-6,11,18H,1-2,4,7-10,12-15H2. The molecule has 1 unspecified atom stereocenters. The summed E-state index contributed by atoms with van der Waals surface area (Å²) in [7, 11) is 0. The van der Waals surface area contributed by atoms with Crippen molar-refractivity contribution in [3.8, 4) is 5.75 Å². The van der Waals surface area contributed by atoms with E-state index in [1.807, 2.05) is 15.9 Å². The van der Waals surface area contributed by atoms with Crippen molar-refractivity contribution in [1.29, 1.82) is 0 Å². The van der Waals surface area contributed by atoms with Gasteiger partial charge in [0.15, 0.2) is 6.61 Å². The van der Waals surface area contributed by atoms with Crippen LogP contribution in [0.1, 0.15) is 31.2 Å². The lowest BCUT2D eigenvalue weighted by molar-refractivity contribution is -0.153. The van der Waals surface area contributed by atoms with Crippen LogP contribution in [0.15, 0.2) is 24.3 Å². The highest BCUT2D eigenvalue weighted by molar-refractivity contribution is 5.78. The number of nitrogens with zero attached hydrogens (tertiary/aromatic N) is 2. The van der Waals surface area contributed by atoms with Crippen LogP contribution < -0.4 is 4.74 Å². The second-order valence-electron chi connectivity index (χ2n) is 7.44. The number of halogens is 3. The minimum atomic E-state index is -4.37. The normalized spacial score (nSPS) is 20.1. The van der Waals surface area contributed by atoms with Crippen LogP contribution in [0.25, 0.3) is 0 Å². The number of carbonyl (C=O) groups excluding carboxylic acids is 1. The fourth-order valence-corrected chi connectivity index (χ4v) is 3.68. The molecule has 2 fully saturated rings. The lowest BCUT2D eigenvalue weighted by Gasteiger charge is -2.27. The molecule has 5 nitrogen and oxygen atoms in total. The van der Waals surface area contributed by atoms with E-state index >= 15 is 0 Å². The van der Waals surface area contributed by atoms with Crippen LogP contribution in [0.4, 0.5) is 13.2 Å². The Balaban J connectivity index is 1.63. The van der Waals surface area contributed by atoms with E-state index in [9.17, 15) is 18.0 Å². The predicted octanol–water partition coefficient (Wildman–Crippen LogP) is 3.23. The van der Waals surface area contributed by atoms with Gasteiger partial charge in [0.05, 0.1) is 12.6 Å². The molecule has 0 spiro atoms. The van der Waals surface area contributed by atoms with Gasteiger partial charge in [-0.2, -0.15) is 13.2 Å². The molecule has 0 radical (unpaired) electrons. The van der Waals surface area contributed by atoms with Crippen LogP contribution in [-0.4, -0.2) is 67.4 Å². The molecule has 2 aliphatic rings. The van der Waals surface area contributed by atoms with Gasteiger partial charge in [0.2, 0.25) is 5.91 Å². The highest BCUT2D eigenvalue weighted by atomic mass is 19.4. The lowest BCUT2D eigenvalue weighted by Crippen LogP contribution is -2.41. The summed E-state index contributed by atoms with van der Waals surface area (Å²) in [5.41, 5.74) is 0.812. The van der Waals surface area contributed by atoms with Gasteiger partial charge in [-0.1, -0.05) is 12.1 Å². The molecular weight excluding hydrogens is 373 g/mol. The monoisotopic (exact) mass is 400 g/mol. The number of carbonyl (C=O) groups is 1. The molecule has 1 aromatic rings. The SMILES string of the molecule is O=C(CN(Cc1cccc(OCC(F)(F)F)c1)CC1CCCO1)N1CCCC1. The lowest BCUT2D eigenvalue weighted by atomic mass is 10.1. The third kappa shape index (κ3) is 6.67. The molecule has 1 amide bonds. The molecule has 2 aliphatic heterocycles. The zero-order chi connectivity index (χ0) is 20.0. The van der Waals surface area contributed by atoms with Crippen LogP contribution in [0.3, 0.4) is 0 Å². The van der Waals surface area contributed by atoms with Crippen LogP contribution in [-0.2, 0) is 16.1 Å². The van der Waals surface area contributed by atoms with Crippen molar-refractivity contribution in [3.05, 3.63) is 29.8 Å². The summed E-state index contributed by atoms with van der Waals surface area (Å²) in [6, 6.07) is 6.63. The van der Waals surface area contributed by atoms with Crippen molar-refractivity contribution in [3.63, 3.8) is 0 Å². The van der Waals surface area contributed by atoms with Crippen molar-refractivity contribution < 1.29 is 27.4 Å². The van der Waals surface area contributed by atoms with Crippen molar-refractivity contribution in [2.75, 3.05) is 39.4 Å². The van der Waals surface area contributed by atoms with Gasteiger partial charge < -0.3 is 14.4 Å². The summed E-state index contributed by atoms with van der Waals surface area (Å²) in [5.74, 6) is 0.276. The summed E-state index contributed by atoms with van der Waals surface area (Å²) in [4.78, 5) is 16.5. The summed E-state index contributed by atoms with van der Waals surface area (Å²) >= 11 is 0. The van der Waals surface area contributed by atoms with Gasteiger partial charge >= 0.3 is 6.18 Å². The van der Waals surface area contributed by atoms with Crippen LogP contribution in [0, 0.1) is 0 Å². The van der Waals surface area contributed by atoms with Gasteiger partial charge in [0, 0.05) is 32.8 Å². The van der Waals surface area contributed by atoms with Crippen molar-refractivity contribution >= 4 is 5.91 Å². The predicted molar refractivity (Wildman–Crippen MR) is 98.1 cm³/mol. The topological polar surface area (TPSA) is 42.0 Å². The van der Waals surface area contributed by atoms with Gasteiger partial charge in [-0.25, -0.2) is 0 Å². The number of likely N-dealkylation sites (tertiary alicyclic amines) is 1. The molecule has 0 saturated carbocycles. The maximum absolute atomic E-state index is 12.6. The molecule has 0 aromatic heterocycles. The number of ether oxygens (including phenoxy) is 2. The first-order valence-electron chi connectivity index (χ1n) is 9.79. The number of hydrogen-bond donors (Lipinski definition) is 0. The average Bonchev–Trinajstić information content (AvgIpc) is 3.33. The fraction of sp³-hybridized carbons (Fsp3) is 0.650. The van der Waals surface area contributed by atoms with E-state index in [4.69, 9.17) is 9.47 Å². The molecule has 156 valence electrons. The van der Waals surface area contributed by atoms with Gasteiger partial charge in [-0.05, 0) is 43.4 Å². The summed E-state index contributed by atoms with van der Waals surface area (Å²) in [5, 5.41) is 0. The minimum Gasteiger partial charge on any atom is -0.484 e. The van der Waals surface area contributed by atoms with Gasteiger partial charge in [-0.3, -0.25) is 9.69 Å². The molecule has 1 aromatic carbocycles. The van der Waals surface area contributed by atoms with E-state index in [0.717, 1.165) is 50.9 Å². The molecule has 0 N–H and O–H groups in total. The number of rotatable bonds is 8. The largest absolute Gasteiger partial charge is 0.484 e. The van der Waals surface area contributed by atoms with E-state index in [1.54, 1.807) is 12.1 Å². The average molecular weight is 400 g/mol. The van der Waals surface area contributed by atoms with Gasteiger partial charge in [0.1, 0.15) is 5.75 Å². The quantitative estimate of drug-likeness (QED) is 0.672. The zero-order valence-electron chi connectivity index (χ0n) is 15.9. The van der Waals surface area contributed by atoms with E-state index in [2.05, 4.69) is 0 Å². The highest BCUT2D eigenvalue weighted by Gasteiger charge is 2.28. The molecule has 1 atom stereocenters. The first-order chi connectivity index (χ1) is 13.4. The summed E-state index contributed by atoms with van der Waals surface area (Å²) in [6.07, 6.45) is -0.227. The molecule has 2 saturated heterocycles. The van der Waals surface area contributed by atoms with Crippen molar-refractivity contribution in [2.45, 2.75) is 44.5 Å². The number of benzene rings is 1. The molecule has 0 aliphatic carbocycles. The first-order valence-corrected chi connectivity index (χ1v) is 9.79. The Morgan fingerprint density at radius 3 is 2.71 bits per heavy atom. The number of alkyl halides is 3. The Bertz CT molecular complexity index is 642. The van der Waals surface area contributed by atoms with E-state index in [-0.39, 0.29) is 24.3 Å². The smallest absolute Gasteiger partial charge is 0.422 e. The fourth-order valence-electron chi connectivity index (χ4n) is 3.68. The molecule has 2 heterocycles. The summed E-state index contributed by atoms with van der Waals surface area (Å²) < 4.78 is 47.7. The maximum atomic E-state index is 12.6. The molecular formula is C20H27F3N2O3. The number of amides is 1. The molecule has 28 heavy (non-hydrogen) atoms. The first kappa shape index (κ1) is 20.9. The minimum absolute atomic E-state index is 0.0936. The zero-order valence-corrected chi connectivity index (χ0v) is 15.9. The molecule has 8 heteroatoms. The molecule has 0 bridgehead atoms. The van der Waals surface area contributed by atoms with Gasteiger partial charge in [0.25, 0.3) is 0 Å². The van der Waals surface area contributed by atoms with E-state index in [0.29, 0.717) is 13.1 Å². The number of hydrogen-bond acceptors (Lipinski definition) is 4. The van der Waals surface area contributed by atoms with Crippen LogP contribution >= 0.6 is 0 Å². The Morgan fingerprint density at radius 2 is 2.04 bits per heavy atom. The molecule has 3 rings (SSSR count). The maximum Gasteiger partial charge on any atom is 0.422 e. The highest BCUT2D eigenvalue weighted by Crippen LogP contribution is 2.21. The Morgan fingerprint density at radius 1 is 1.25 bits per heavy atom. The second-order valence-corrected chi connectivity index (χ2v) is 7.44. The Hall–Kier alpha value is -1.80. The van der Waals surface area contributed by atoms with E-state index < -0.39 is 12.8 Å². The van der Waals surface area contributed by atoms with Crippen LogP contribution in [0.2, 0.25) is 0 Å². The Kier molecular flexibility index (Phi) is 7.18.